The number of rotatable bonds is 12. The molecule has 0 aliphatic rings. The summed E-state index contributed by atoms with van der Waals surface area (Å²) < 4.78 is 47.8. The van der Waals surface area contributed by atoms with Gasteiger partial charge >= 0.3 is 0 Å². The van der Waals surface area contributed by atoms with E-state index in [0.29, 0.717) is 23.6 Å². The number of methoxy groups -OCH3 is 2. The summed E-state index contributed by atoms with van der Waals surface area (Å²) in [6.07, 6.45) is 3.88. The Morgan fingerprint density at radius 2 is 1.45 bits per heavy atom. The zero-order valence-electron chi connectivity index (χ0n) is 25.3. The van der Waals surface area contributed by atoms with Gasteiger partial charge in [-0.15, -0.1) is 0 Å². The van der Waals surface area contributed by atoms with Crippen LogP contribution in [0.4, 0.5) is 23.5 Å². The first kappa shape index (κ1) is 31.9. The molecule has 14 nitrogen and oxygen atoms in total. The monoisotopic (exact) mass is 624 g/mol. The number of aromatic nitrogens is 4. The Kier molecular flexibility index (Phi) is 9.47. The second-order valence-corrected chi connectivity index (χ2v) is 12.3. The molecule has 0 fully saturated rings. The fourth-order valence-corrected chi connectivity index (χ4v) is 5.12. The summed E-state index contributed by atoms with van der Waals surface area (Å²) in [4.78, 5) is 16.5. The standard InChI is InChI=1S/C29H36N8O6S/c1-15(2)18-9-17(40-4)7-8-20(18)42-24-14-35-29(37-27(24)31)34-12-16(3)19-10-22(41-5)25(44(6,38)39)11-21(19)43-23-13-33-28(32)36-26(23)30/h7-11,13-16H,12H2,1-6H3,(H4,30,32,33,36)(H3,31,34,35,37). The Balaban J connectivity index is 1.58. The van der Waals surface area contributed by atoms with E-state index in [-0.39, 0.29) is 57.5 Å². The van der Waals surface area contributed by atoms with Gasteiger partial charge in [0.2, 0.25) is 11.9 Å². The van der Waals surface area contributed by atoms with Crippen molar-refractivity contribution < 1.29 is 27.4 Å². The number of sulfone groups is 1. The quantitative estimate of drug-likeness (QED) is 0.172. The average Bonchev–Trinajstić information content (AvgIpc) is 2.97. The molecule has 0 spiro atoms. The number of nitrogen functional groups attached to an aromatic ring is 3. The molecule has 0 bridgehead atoms. The first-order valence-corrected chi connectivity index (χ1v) is 15.4. The van der Waals surface area contributed by atoms with E-state index in [9.17, 15) is 8.42 Å². The third kappa shape index (κ3) is 7.29. The highest BCUT2D eigenvalue weighted by Crippen LogP contribution is 2.40. The van der Waals surface area contributed by atoms with Crippen molar-refractivity contribution in [1.82, 2.24) is 19.9 Å². The Hall–Kier alpha value is -5.05. The van der Waals surface area contributed by atoms with Crippen LogP contribution < -0.4 is 41.5 Å². The Labute approximate surface area is 255 Å². The largest absolute Gasteiger partial charge is 0.497 e. The highest BCUT2D eigenvalue weighted by atomic mass is 32.2. The summed E-state index contributed by atoms with van der Waals surface area (Å²) >= 11 is 0. The van der Waals surface area contributed by atoms with Crippen LogP contribution in [0, 0.1) is 0 Å². The molecule has 2 aromatic carbocycles. The van der Waals surface area contributed by atoms with E-state index >= 15 is 0 Å². The third-order valence-corrected chi connectivity index (χ3v) is 7.77. The summed E-state index contributed by atoms with van der Waals surface area (Å²) in [5.41, 5.74) is 19.4. The second kappa shape index (κ2) is 13.1. The molecule has 0 aliphatic heterocycles. The van der Waals surface area contributed by atoms with Gasteiger partial charge in [-0.2, -0.15) is 9.97 Å². The number of nitrogens with one attached hydrogen (secondary N) is 1. The predicted molar refractivity (Wildman–Crippen MR) is 168 cm³/mol. The Morgan fingerprint density at radius 1 is 0.795 bits per heavy atom. The van der Waals surface area contributed by atoms with Gasteiger partial charge in [-0.05, 0) is 30.2 Å². The molecule has 0 saturated carbocycles. The van der Waals surface area contributed by atoms with Gasteiger partial charge in [-0.25, -0.2) is 18.4 Å². The minimum Gasteiger partial charge on any atom is -0.497 e. The molecule has 4 rings (SSSR count). The first-order valence-electron chi connectivity index (χ1n) is 13.5. The van der Waals surface area contributed by atoms with Crippen molar-refractivity contribution in [3.63, 3.8) is 0 Å². The van der Waals surface area contributed by atoms with Gasteiger partial charge in [0.15, 0.2) is 33.0 Å². The van der Waals surface area contributed by atoms with Gasteiger partial charge < -0.3 is 41.5 Å². The zero-order valence-corrected chi connectivity index (χ0v) is 26.1. The van der Waals surface area contributed by atoms with Gasteiger partial charge in [0.1, 0.15) is 27.9 Å². The van der Waals surface area contributed by atoms with Crippen LogP contribution in [-0.2, 0) is 9.84 Å². The second-order valence-electron chi connectivity index (χ2n) is 10.3. The maximum atomic E-state index is 12.5. The van der Waals surface area contributed by atoms with Gasteiger partial charge in [0.05, 0.1) is 26.6 Å². The number of hydrogen-bond donors (Lipinski definition) is 4. The SMILES string of the molecule is COc1ccc(Oc2cnc(NCC(C)c3cc(OC)c(S(C)(=O)=O)cc3Oc3cnc(N)nc3N)nc2N)c(C(C)C)c1. The van der Waals surface area contributed by atoms with Gasteiger partial charge in [-0.1, -0.05) is 20.8 Å². The van der Waals surface area contributed by atoms with Crippen molar-refractivity contribution in [2.24, 2.45) is 0 Å². The normalized spacial score (nSPS) is 12.1. The summed E-state index contributed by atoms with van der Waals surface area (Å²) in [5.74, 6) is 2.38. The molecule has 7 N–H and O–H groups in total. The molecule has 234 valence electrons. The van der Waals surface area contributed by atoms with Gasteiger partial charge in [-0.3, -0.25) is 0 Å². The number of nitrogens with zero attached hydrogens (tertiary/aromatic N) is 4. The van der Waals surface area contributed by atoms with Crippen molar-refractivity contribution in [3.8, 4) is 34.5 Å². The van der Waals surface area contributed by atoms with Crippen molar-refractivity contribution in [3.05, 3.63) is 53.9 Å². The van der Waals surface area contributed by atoms with E-state index in [4.69, 9.17) is 36.1 Å². The molecule has 1 atom stereocenters. The molecule has 0 saturated heterocycles. The number of hydrogen-bond acceptors (Lipinski definition) is 14. The lowest BCUT2D eigenvalue weighted by atomic mass is 9.99. The molecular weight excluding hydrogens is 588 g/mol. The van der Waals surface area contributed by atoms with Crippen LogP contribution in [0.25, 0.3) is 0 Å². The van der Waals surface area contributed by atoms with Gasteiger partial charge in [0.25, 0.3) is 0 Å². The van der Waals surface area contributed by atoms with Crippen molar-refractivity contribution in [2.75, 3.05) is 49.5 Å². The van der Waals surface area contributed by atoms with Crippen LogP contribution in [-0.4, -0.2) is 55.4 Å². The maximum absolute atomic E-state index is 12.5. The van der Waals surface area contributed by atoms with Crippen LogP contribution in [0.5, 0.6) is 34.5 Å². The third-order valence-electron chi connectivity index (χ3n) is 6.66. The van der Waals surface area contributed by atoms with Crippen molar-refractivity contribution in [2.45, 2.75) is 37.5 Å². The number of ether oxygens (including phenoxy) is 4. The Bertz CT molecular complexity index is 1770. The highest BCUT2D eigenvalue weighted by molar-refractivity contribution is 7.90. The maximum Gasteiger partial charge on any atom is 0.224 e. The molecule has 0 aliphatic carbocycles. The van der Waals surface area contributed by atoms with E-state index in [2.05, 4.69) is 39.1 Å². The molecule has 2 heterocycles. The molecule has 2 aromatic heterocycles. The minimum absolute atomic E-state index is 0.00714. The summed E-state index contributed by atoms with van der Waals surface area (Å²) in [7, 11) is -0.675. The van der Waals surface area contributed by atoms with E-state index in [1.807, 2.05) is 19.1 Å². The summed E-state index contributed by atoms with van der Waals surface area (Å²) in [6.45, 7) is 6.31. The fourth-order valence-electron chi connectivity index (χ4n) is 4.29. The van der Waals surface area contributed by atoms with E-state index < -0.39 is 9.84 Å². The van der Waals surface area contributed by atoms with E-state index in [1.54, 1.807) is 19.2 Å². The minimum atomic E-state index is -3.67. The van der Waals surface area contributed by atoms with Crippen LogP contribution >= 0.6 is 0 Å². The molecule has 15 heteroatoms. The average molecular weight is 625 g/mol. The number of benzene rings is 2. The van der Waals surface area contributed by atoms with Crippen LogP contribution in [0.1, 0.15) is 43.7 Å². The number of nitrogens with two attached hydrogens (primary N) is 3. The zero-order chi connectivity index (χ0) is 32.2. The van der Waals surface area contributed by atoms with Crippen LogP contribution in [0.2, 0.25) is 0 Å². The molecule has 44 heavy (non-hydrogen) atoms. The molecular formula is C29H36N8O6S. The molecule has 0 radical (unpaired) electrons. The van der Waals surface area contributed by atoms with E-state index in [1.165, 1.54) is 25.6 Å². The summed E-state index contributed by atoms with van der Waals surface area (Å²) in [6, 6.07) is 8.51. The van der Waals surface area contributed by atoms with Crippen molar-refractivity contribution >= 4 is 33.4 Å². The lowest BCUT2D eigenvalue weighted by Crippen LogP contribution is -2.14. The van der Waals surface area contributed by atoms with Crippen LogP contribution in [0.3, 0.4) is 0 Å². The smallest absolute Gasteiger partial charge is 0.224 e. The molecule has 1 unspecified atom stereocenters. The fraction of sp³-hybridized carbons (Fsp3) is 0.310. The van der Waals surface area contributed by atoms with E-state index in [0.717, 1.165) is 17.6 Å². The van der Waals surface area contributed by atoms with Gasteiger partial charge in [0, 0.05) is 35.9 Å². The lowest BCUT2D eigenvalue weighted by molar-refractivity contribution is 0.398. The topological polar surface area (TPSA) is 213 Å². The Morgan fingerprint density at radius 3 is 2.05 bits per heavy atom. The summed E-state index contributed by atoms with van der Waals surface area (Å²) in [5, 5.41) is 3.16. The van der Waals surface area contributed by atoms with Crippen LogP contribution in [0.15, 0.2) is 47.6 Å². The molecule has 0 amide bonds. The lowest BCUT2D eigenvalue weighted by Gasteiger charge is -2.20. The highest BCUT2D eigenvalue weighted by Gasteiger charge is 2.23. The predicted octanol–water partition coefficient (Wildman–Crippen LogP) is 4.36. The number of anilines is 4. The first-order chi connectivity index (χ1) is 20.8. The van der Waals surface area contributed by atoms with Crippen molar-refractivity contribution in [1.29, 1.82) is 0 Å². The molecule has 4 aromatic rings.